The van der Waals surface area contributed by atoms with Crippen LogP contribution in [-0.4, -0.2) is 25.5 Å². The molecular weight excluding hydrogens is 169 g/mol. The van der Waals surface area contributed by atoms with Crippen molar-refractivity contribution in [2.24, 2.45) is 0 Å². The Balaban J connectivity index is 2.62. The molecule has 0 aromatic carbocycles. The zero-order chi connectivity index (χ0) is 6.24. The first kappa shape index (κ1) is 8.17. The molecule has 1 N–H and O–H groups in total. The van der Waals surface area contributed by atoms with E-state index in [-0.39, 0.29) is 0 Å². The lowest BCUT2D eigenvalue weighted by Gasteiger charge is -1.92. The minimum atomic E-state index is 0.744. The van der Waals surface area contributed by atoms with Gasteiger partial charge < -0.3 is 10.0 Å². The number of nitrogens with one attached hydrogen (secondary N) is 1. The molecule has 0 heterocycles. The van der Waals surface area contributed by atoms with E-state index in [9.17, 15) is 4.79 Å². The third kappa shape index (κ3) is 6.17. The van der Waals surface area contributed by atoms with Crippen LogP contribution >= 0.6 is 15.9 Å². The van der Waals surface area contributed by atoms with E-state index in [0.717, 1.165) is 24.5 Å². The second-order valence-electron chi connectivity index (χ2n) is 1.30. The van der Waals surface area contributed by atoms with E-state index in [1.807, 2.05) is 0 Å². The molecule has 8 heavy (non-hydrogen) atoms. The third-order valence-corrected chi connectivity index (χ3v) is 1.20. The second-order valence-corrected chi connectivity index (χ2v) is 2.09. The maximum absolute atomic E-state index is 9.64. The van der Waals surface area contributed by atoms with Crippen LogP contribution in [0.5, 0.6) is 0 Å². The molecule has 0 aliphatic rings. The summed E-state index contributed by atoms with van der Waals surface area (Å²) in [5.74, 6) is 0. The van der Waals surface area contributed by atoms with Crippen LogP contribution in [0.4, 0.5) is 0 Å². The number of carbonyl (C=O) groups is 1. The molecule has 0 aromatic heterocycles. The SMILES string of the molecule is O=C[B]NCCCBr. The van der Waals surface area contributed by atoms with Crippen molar-refractivity contribution in [3.8, 4) is 0 Å². The largest absolute Gasteiger partial charge is 0.354 e. The molecule has 0 fully saturated rings. The van der Waals surface area contributed by atoms with Crippen LogP contribution in [0, 0.1) is 0 Å². The molecule has 4 heteroatoms. The number of carbonyl (C=O) groups excluding carboxylic acids is 1. The molecule has 0 atom stereocenters. The highest BCUT2D eigenvalue weighted by Crippen LogP contribution is 1.82. The lowest BCUT2D eigenvalue weighted by atomic mass is 9.99. The molecule has 0 spiro atoms. The van der Waals surface area contributed by atoms with Gasteiger partial charge in [0.05, 0.1) is 6.19 Å². The van der Waals surface area contributed by atoms with Gasteiger partial charge in [-0.25, -0.2) is 0 Å². The van der Waals surface area contributed by atoms with Crippen LogP contribution in [0.3, 0.4) is 0 Å². The summed E-state index contributed by atoms with van der Waals surface area (Å²) in [4.78, 5) is 9.64. The van der Waals surface area contributed by atoms with Gasteiger partial charge >= 0.3 is 0 Å². The number of hydrogen-bond donors (Lipinski definition) is 1. The van der Waals surface area contributed by atoms with E-state index in [1.54, 1.807) is 0 Å². The molecule has 45 valence electrons. The maximum Gasteiger partial charge on any atom is 0.290 e. The van der Waals surface area contributed by atoms with E-state index in [0.29, 0.717) is 0 Å². The fourth-order valence-electron chi connectivity index (χ4n) is 0.300. The number of halogens is 1. The summed E-state index contributed by atoms with van der Waals surface area (Å²) in [6, 6.07) is 0. The highest BCUT2D eigenvalue weighted by Gasteiger charge is 1.84. The summed E-state index contributed by atoms with van der Waals surface area (Å²) in [5, 5.41) is 3.79. The van der Waals surface area contributed by atoms with Crippen LogP contribution in [0.2, 0.25) is 0 Å². The van der Waals surface area contributed by atoms with Crippen molar-refractivity contribution < 1.29 is 4.79 Å². The van der Waals surface area contributed by atoms with Crippen LogP contribution in [0.1, 0.15) is 6.42 Å². The predicted molar refractivity (Wildman–Crippen MR) is 38.9 cm³/mol. The Morgan fingerprint density at radius 2 is 2.50 bits per heavy atom. The molecule has 0 saturated carbocycles. The normalized spacial score (nSPS) is 8.62. The topological polar surface area (TPSA) is 29.1 Å². The van der Waals surface area contributed by atoms with Gasteiger partial charge in [-0.15, -0.1) is 0 Å². The van der Waals surface area contributed by atoms with E-state index in [4.69, 9.17) is 0 Å². The van der Waals surface area contributed by atoms with Crippen molar-refractivity contribution in [3.63, 3.8) is 0 Å². The monoisotopic (exact) mass is 176 g/mol. The Kier molecular flexibility index (Phi) is 7.33. The van der Waals surface area contributed by atoms with Gasteiger partial charge in [0.25, 0.3) is 7.41 Å². The fraction of sp³-hybridized carbons (Fsp3) is 0.750. The lowest BCUT2D eigenvalue weighted by molar-refractivity contribution is 0.567. The maximum atomic E-state index is 9.64. The van der Waals surface area contributed by atoms with Crippen molar-refractivity contribution in [2.75, 3.05) is 11.9 Å². The average molecular weight is 177 g/mol. The second kappa shape index (κ2) is 7.17. The van der Waals surface area contributed by atoms with E-state index in [2.05, 4.69) is 21.2 Å². The predicted octanol–water partition coefficient (Wildman–Crippen LogP) is 0.170. The first-order chi connectivity index (χ1) is 3.91. The first-order valence-electron chi connectivity index (χ1n) is 2.48. The van der Waals surface area contributed by atoms with Gasteiger partial charge in [-0.3, -0.25) is 0 Å². The van der Waals surface area contributed by atoms with Crippen molar-refractivity contribution in [3.05, 3.63) is 0 Å². The molecular formula is C4H8BBrNO. The highest BCUT2D eigenvalue weighted by molar-refractivity contribution is 9.09. The summed E-state index contributed by atoms with van der Waals surface area (Å²) >= 11 is 3.26. The summed E-state index contributed by atoms with van der Waals surface area (Å²) in [6.45, 7) is 0.865. The average Bonchev–Trinajstić information content (AvgIpc) is 1.81. The Hall–Kier alpha value is 0.175. The zero-order valence-corrected chi connectivity index (χ0v) is 6.15. The quantitative estimate of drug-likeness (QED) is 0.280. The number of rotatable bonds is 5. The molecule has 0 rings (SSSR count). The van der Waals surface area contributed by atoms with E-state index < -0.39 is 0 Å². The summed E-state index contributed by atoms with van der Waals surface area (Å²) < 4.78 is 0. The third-order valence-electron chi connectivity index (χ3n) is 0.641. The summed E-state index contributed by atoms with van der Waals surface area (Å²) in [7, 11) is 1.41. The Morgan fingerprint density at radius 1 is 1.75 bits per heavy atom. The van der Waals surface area contributed by atoms with E-state index in [1.165, 1.54) is 7.41 Å². The molecule has 0 bridgehead atoms. The minimum Gasteiger partial charge on any atom is -0.354 e. The van der Waals surface area contributed by atoms with Gasteiger partial charge in [-0.2, -0.15) is 0 Å². The fourth-order valence-corrected chi connectivity index (χ4v) is 0.581. The Labute approximate surface area is 58.4 Å². The van der Waals surface area contributed by atoms with Crippen molar-refractivity contribution in [1.82, 2.24) is 5.23 Å². The van der Waals surface area contributed by atoms with Crippen molar-refractivity contribution in [2.45, 2.75) is 6.42 Å². The first-order valence-corrected chi connectivity index (χ1v) is 3.60. The van der Waals surface area contributed by atoms with Gasteiger partial charge in [0.2, 0.25) is 0 Å². The van der Waals surface area contributed by atoms with Crippen LogP contribution in [-0.2, 0) is 4.79 Å². The Morgan fingerprint density at radius 3 is 3.00 bits per heavy atom. The van der Waals surface area contributed by atoms with Gasteiger partial charge in [0.1, 0.15) is 0 Å². The standard InChI is InChI=1S/C4H8BBrNO/c6-2-1-3-7-5-4-8/h4,7H,1-3H2. The Bertz CT molecular complexity index is 62.0. The molecule has 1 radical (unpaired) electrons. The summed E-state index contributed by atoms with van der Waals surface area (Å²) in [6.07, 6.45) is 1.79. The highest BCUT2D eigenvalue weighted by atomic mass is 79.9. The lowest BCUT2D eigenvalue weighted by Crippen LogP contribution is -2.21. The molecule has 0 saturated heterocycles. The van der Waals surface area contributed by atoms with Gasteiger partial charge in [-0.05, 0) is 13.0 Å². The molecule has 0 unspecified atom stereocenters. The van der Waals surface area contributed by atoms with Crippen LogP contribution in [0.25, 0.3) is 0 Å². The number of hydrogen-bond acceptors (Lipinski definition) is 2. The smallest absolute Gasteiger partial charge is 0.290 e. The zero-order valence-electron chi connectivity index (χ0n) is 4.56. The number of alkyl halides is 1. The van der Waals surface area contributed by atoms with Crippen molar-refractivity contribution >= 4 is 29.5 Å². The molecule has 0 aliphatic heterocycles. The van der Waals surface area contributed by atoms with Crippen molar-refractivity contribution in [1.29, 1.82) is 0 Å². The van der Waals surface area contributed by atoms with Gasteiger partial charge in [0.15, 0.2) is 0 Å². The minimum absolute atomic E-state index is 0.744. The van der Waals surface area contributed by atoms with Gasteiger partial charge in [-0.1, -0.05) is 15.9 Å². The molecule has 0 amide bonds. The van der Waals surface area contributed by atoms with E-state index >= 15 is 0 Å². The van der Waals surface area contributed by atoms with Crippen LogP contribution < -0.4 is 5.23 Å². The molecule has 2 nitrogen and oxygen atoms in total. The molecule has 0 aliphatic carbocycles. The summed E-state index contributed by atoms with van der Waals surface area (Å²) in [5.41, 5.74) is 0. The van der Waals surface area contributed by atoms with Gasteiger partial charge in [0, 0.05) is 5.33 Å². The molecule has 0 aromatic rings. The van der Waals surface area contributed by atoms with Crippen LogP contribution in [0.15, 0.2) is 0 Å².